The highest BCUT2D eigenvalue weighted by Gasteiger charge is 2.08. The zero-order valence-corrected chi connectivity index (χ0v) is 12.1. The first kappa shape index (κ1) is 16.2. The number of hydrogen-bond acceptors (Lipinski definition) is 3. The van der Waals surface area contributed by atoms with E-state index in [2.05, 4.69) is 17.6 Å². The summed E-state index contributed by atoms with van der Waals surface area (Å²) in [5, 5.41) is 5.37. The van der Waals surface area contributed by atoms with Gasteiger partial charge in [0, 0.05) is 25.9 Å². The van der Waals surface area contributed by atoms with E-state index >= 15 is 0 Å². The van der Waals surface area contributed by atoms with E-state index in [1.807, 2.05) is 24.3 Å². The molecule has 0 saturated heterocycles. The molecule has 5 nitrogen and oxygen atoms in total. The largest absolute Gasteiger partial charge is 0.385 e. The molecule has 0 radical (unpaired) electrons. The van der Waals surface area contributed by atoms with Gasteiger partial charge < -0.3 is 15.4 Å². The van der Waals surface area contributed by atoms with E-state index in [4.69, 9.17) is 4.74 Å². The molecule has 1 aromatic carbocycles. The maximum Gasteiger partial charge on any atom is 0.233 e. The van der Waals surface area contributed by atoms with Crippen molar-refractivity contribution < 1.29 is 14.3 Å². The highest BCUT2D eigenvalue weighted by Crippen LogP contribution is 2.10. The number of ether oxygens (including phenoxy) is 1. The van der Waals surface area contributed by atoms with Crippen LogP contribution in [0, 0.1) is 0 Å². The average molecular weight is 278 g/mol. The van der Waals surface area contributed by atoms with E-state index < -0.39 is 0 Å². The van der Waals surface area contributed by atoms with E-state index in [1.165, 1.54) is 5.56 Å². The van der Waals surface area contributed by atoms with Gasteiger partial charge in [0.2, 0.25) is 11.8 Å². The molecule has 2 N–H and O–H groups in total. The second kappa shape index (κ2) is 9.09. The quantitative estimate of drug-likeness (QED) is 0.562. The molecule has 1 rings (SSSR count). The first-order valence-electron chi connectivity index (χ1n) is 6.80. The molecule has 0 aliphatic heterocycles. The van der Waals surface area contributed by atoms with Crippen LogP contribution in [0.25, 0.3) is 0 Å². The molecule has 2 amide bonds. The van der Waals surface area contributed by atoms with Gasteiger partial charge in [0.05, 0.1) is 0 Å². The fourth-order valence-corrected chi connectivity index (χ4v) is 1.68. The van der Waals surface area contributed by atoms with Gasteiger partial charge in [-0.3, -0.25) is 9.59 Å². The van der Waals surface area contributed by atoms with Crippen LogP contribution in [0.3, 0.4) is 0 Å². The molecule has 0 bridgehead atoms. The number of amides is 2. The van der Waals surface area contributed by atoms with Crippen LogP contribution >= 0.6 is 0 Å². The normalized spacial score (nSPS) is 10.1. The van der Waals surface area contributed by atoms with Crippen LogP contribution in [0.1, 0.15) is 25.3 Å². The highest BCUT2D eigenvalue weighted by atomic mass is 16.5. The summed E-state index contributed by atoms with van der Waals surface area (Å²) in [6.45, 7) is 3.18. The van der Waals surface area contributed by atoms with Gasteiger partial charge in [-0.1, -0.05) is 19.1 Å². The third-order valence-corrected chi connectivity index (χ3v) is 2.81. The third kappa shape index (κ3) is 6.33. The molecular formula is C15H22N2O3. The fourth-order valence-electron chi connectivity index (χ4n) is 1.68. The Hall–Kier alpha value is -1.88. The van der Waals surface area contributed by atoms with Gasteiger partial charge in [-0.15, -0.1) is 0 Å². The number of aryl methyl sites for hydroxylation is 1. The van der Waals surface area contributed by atoms with Crippen LogP contribution in [-0.4, -0.2) is 32.1 Å². The fraction of sp³-hybridized carbons (Fsp3) is 0.467. The summed E-state index contributed by atoms with van der Waals surface area (Å²) in [7, 11) is 1.61. The number of carbonyl (C=O) groups excluding carboxylic acids is 2. The molecule has 1 aromatic rings. The summed E-state index contributed by atoms with van der Waals surface area (Å²) in [5.41, 5.74) is 1.92. The third-order valence-electron chi connectivity index (χ3n) is 2.81. The molecule has 0 unspecified atom stereocenters. The second-order valence-electron chi connectivity index (χ2n) is 4.47. The zero-order chi connectivity index (χ0) is 14.8. The zero-order valence-electron chi connectivity index (χ0n) is 12.1. The summed E-state index contributed by atoms with van der Waals surface area (Å²) in [4.78, 5) is 23.2. The molecule has 0 fully saturated rings. The molecule has 0 spiro atoms. The maximum atomic E-state index is 11.7. The molecular weight excluding hydrogens is 256 g/mol. The Morgan fingerprint density at radius 2 is 1.85 bits per heavy atom. The van der Waals surface area contributed by atoms with E-state index in [9.17, 15) is 9.59 Å². The number of anilines is 1. The van der Waals surface area contributed by atoms with E-state index in [-0.39, 0.29) is 18.2 Å². The van der Waals surface area contributed by atoms with Crippen molar-refractivity contribution in [1.82, 2.24) is 5.32 Å². The van der Waals surface area contributed by atoms with E-state index in [1.54, 1.807) is 7.11 Å². The lowest BCUT2D eigenvalue weighted by Crippen LogP contribution is -2.29. The molecule has 0 saturated carbocycles. The molecule has 0 heterocycles. The van der Waals surface area contributed by atoms with Crippen LogP contribution in [-0.2, 0) is 20.7 Å². The summed E-state index contributed by atoms with van der Waals surface area (Å²) in [6.07, 6.45) is 1.53. The van der Waals surface area contributed by atoms with Crippen molar-refractivity contribution in [2.24, 2.45) is 0 Å². The lowest BCUT2D eigenvalue weighted by Gasteiger charge is -2.07. The number of carbonyl (C=O) groups is 2. The van der Waals surface area contributed by atoms with E-state index in [0.717, 1.165) is 12.8 Å². The SMILES string of the molecule is CCc1ccc(NC(=O)CC(=O)NCCCOC)cc1. The van der Waals surface area contributed by atoms with Crippen molar-refractivity contribution >= 4 is 17.5 Å². The van der Waals surface area contributed by atoms with Gasteiger partial charge in [0.25, 0.3) is 0 Å². The molecule has 0 atom stereocenters. The minimum atomic E-state index is -0.307. The van der Waals surface area contributed by atoms with Crippen molar-refractivity contribution in [2.75, 3.05) is 25.6 Å². The van der Waals surface area contributed by atoms with Crippen molar-refractivity contribution in [2.45, 2.75) is 26.2 Å². The Morgan fingerprint density at radius 3 is 2.45 bits per heavy atom. The molecule has 20 heavy (non-hydrogen) atoms. The first-order chi connectivity index (χ1) is 9.65. The Bertz CT molecular complexity index is 429. The Labute approximate surface area is 119 Å². The van der Waals surface area contributed by atoms with Gasteiger partial charge in [0.1, 0.15) is 6.42 Å². The molecule has 5 heteroatoms. The van der Waals surface area contributed by atoms with Crippen LogP contribution in [0.5, 0.6) is 0 Å². The lowest BCUT2D eigenvalue weighted by atomic mass is 10.1. The second-order valence-corrected chi connectivity index (χ2v) is 4.47. The maximum absolute atomic E-state index is 11.7. The monoisotopic (exact) mass is 278 g/mol. The predicted molar refractivity (Wildman–Crippen MR) is 78.6 cm³/mol. The standard InChI is InChI=1S/C15H22N2O3/c1-3-12-5-7-13(8-6-12)17-15(19)11-14(18)16-9-4-10-20-2/h5-8H,3-4,9-11H2,1-2H3,(H,16,18)(H,17,19). The van der Waals surface area contributed by atoms with Crippen LogP contribution < -0.4 is 10.6 Å². The van der Waals surface area contributed by atoms with Gasteiger partial charge in [-0.2, -0.15) is 0 Å². The summed E-state index contributed by atoms with van der Waals surface area (Å²) in [6, 6.07) is 7.60. The molecule has 0 aliphatic rings. The van der Waals surface area contributed by atoms with Gasteiger partial charge in [0.15, 0.2) is 0 Å². The minimum absolute atomic E-state index is 0.164. The minimum Gasteiger partial charge on any atom is -0.385 e. The van der Waals surface area contributed by atoms with Crippen molar-refractivity contribution in [3.63, 3.8) is 0 Å². The Morgan fingerprint density at radius 1 is 1.15 bits per heavy atom. The van der Waals surface area contributed by atoms with Crippen molar-refractivity contribution in [1.29, 1.82) is 0 Å². The van der Waals surface area contributed by atoms with Gasteiger partial charge in [-0.05, 0) is 30.5 Å². The van der Waals surface area contributed by atoms with Crippen LogP contribution in [0.15, 0.2) is 24.3 Å². The predicted octanol–water partition coefficient (Wildman–Crippen LogP) is 1.73. The topological polar surface area (TPSA) is 67.4 Å². The highest BCUT2D eigenvalue weighted by molar-refractivity contribution is 6.03. The van der Waals surface area contributed by atoms with Crippen LogP contribution in [0.2, 0.25) is 0 Å². The number of methoxy groups -OCH3 is 1. The summed E-state index contributed by atoms with van der Waals surface area (Å²) >= 11 is 0. The number of benzene rings is 1. The summed E-state index contributed by atoms with van der Waals surface area (Å²) < 4.78 is 4.87. The Balaban J connectivity index is 2.29. The number of hydrogen-bond donors (Lipinski definition) is 2. The van der Waals surface area contributed by atoms with Crippen LogP contribution in [0.4, 0.5) is 5.69 Å². The van der Waals surface area contributed by atoms with Gasteiger partial charge >= 0.3 is 0 Å². The number of nitrogens with one attached hydrogen (secondary N) is 2. The van der Waals surface area contributed by atoms with E-state index in [0.29, 0.717) is 18.8 Å². The van der Waals surface area contributed by atoms with Gasteiger partial charge in [-0.25, -0.2) is 0 Å². The number of rotatable bonds is 8. The summed E-state index contributed by atoms with van der Waals surface area (Å²) in [5.74, 6) is -0.581. The van der Waals surface area contributed by atoms with Crippen molar-refractivity contribution in [3.05, 3.63) is 29.8 Å². The smallest absolute Gasteiger partial charge is 0.233 e. The lowest BCUT2D eigenvalue weighted by molar-refractivity contribution is -0.126. The Kier molecular flexibility index (Phi) is 7.35. The molecule has 0 aromatic heterocycles. The molecule has 110 valence electrons. The average Bonchev–Trinajstić information content (AvgIpc) is 2.44. The molecule has 0 aliphatic carbocycles. The first-order valence-corrected chi connectivity index (χ1v) is 6.80. The van der Waals surface area contributed by atoms with Crippen molar-refractivity contribution in [3.8, 4) is 0 Å².